The van der Waals surface area contributed by atoms with E-state index in [2.05, 4.69) is 0 Å². The molecule has 0 spiro atoms. The number of nitrogens with zero attached hydrogens (tertiary/aromatic N) is 2. The zero-order chi connectivity index (χ0) is 18.8. The molecule has 9 heteroatoms. The van der Waals surface area contributed by atoms with E-state index in [1.807, 2.05) is 0 Å². The summed E-state index contributed by atoms with van der Waals surface area (Å²) >= 11 is 0. The van der Waals surface area contributed by atoms with Crippen LogP contribution < -0.4 is 0 Å². The Kier molecular flexibility index (Phi) is 4.44. The van der Waals surface area contributed by atoms with E-state index in [0.717, 1.165) is 6.07 Å². The van der Waals surface area contributed by atoms with Crippen LogP contribution in [-0.4, -0.2) is 34.2 Å². The lowest BCUT2D eigenvalue weighted by atomic mass is 10.1. The third-order valence-electron chi connectivity index (χ3n) is 3.81. The van der Waals surface area contributed by atoms with Crippen molar-refractivity contribution in [3.8, 4) is 0 Å². The first-order valence-electron chi connectivity index (χ1n) is 7.42. The lowest BCUT2D eigenvalue weighted by Gasteiger charge is -2.13. The van der Waals surface area contributed by atoms with Gasteiger partial charge in [-0.1, -0.05) is 24.3 Å². The highest BCUT2D eigenvalue weighted by atomic mass is 19.1. The van der Waals surface area contributed by atoms with Gasteiger partial charge in [0.05, 0.1) is 10.5 Å². The van der Waals surface area contributed by atoms with E-state index in [4.69, 9.17) is 4.74 Å². The summed E-state index contributed by atoms with van der Waals surface area (Å²) in [6.45, 7) is -1.09. The molecule has 0 saturated heterocycles. The highest BCUT2D eigenvalue weighted by molar-refractivity contribution is 6.24. The molecule has 0 aliphatic carbocycles. The molecule has 2 amide bonds. The predicted molar refractivity (Wildman–Crippen MR) is 84.7 cm³/mol. The van der Waals surface area contributed by atoms with Crippen molar-refractivity contribution >= 4 is 23.5 Å². The minimum absolute atomic E-state index is 0.138. The molecule has 0 fully saturated rings. The quantitative estimate of drug-likeness (QED) is 0.350. The Morgan fingerprint density at radius 2 is 1.85 bits per heavy atom. The fourth-order valence-electron chi connectivity index (χ4n) is 2.56. The molecule has 1 aliphatic rings. The van der Waals surface area contributed by atoms with Gasteiger partial charge in [-0.2, -0.15) is 0 Å². The fraction of sp³-hybridized carbons (Fsp3) is 0.118. The normalized spacial score (nSPS) is 12.9. The Hall–Kier alpha value is -3.62. The van der Waals surface area contributed by atoms with Gasteiger partial charge < -0.3 is 4.74 Å². The van der Waals surface area contributed by atoms with Crippen molar-refractivity contribution < 1.29 is 28.4 Å². The van der Waals surface area contributed by atoms with Crippen LogP contribution in [0.5, 0.6) is 0 Å². The Morgan fingerprint density at radius 1 is 1.12 bits per heavy atom. The molecule has 132 valence electrons. The van der Waals surface area contributed by atoms with Crippen LogP contribution in [-0.2, 0) is 16.1 Å². The molecule has 0 bridgehead atoms. The van der Waals surface area contributed by atoms with Crippen LogP contribution in [0.1, 0.15) is 26.3 Å². The Bertz CT molecular complexity index is 943. The average molecular weight is 358 g/mol. The summed E-state index contributed by atoms with van der Waals surface area (Å²) in [5, 5.41) is 11.0. The van der Waals surface area contributed by atoms with Crippen LogP contribution >= 0.6 is 0 Å². The molecular formula is C17H11FN2O6. The van der Waals surface area contributed by atoms with Gasteiger partial charge in [0.25, 0.3) is 17.5 Å². The summed E-state index contributed by atoms with van der Waals surface area (Å²) in [4.78, 5) is 47.3. The van der Waals surface area contributed by atoms with Crippen molar-refractivity contribution in [1.82, 2.24) is 4.90 Å². The number of hydrogen-bond acceptors (Lipinski definition) is 6. The van der Waals surface area contributed by atoms with E-state index in [1.165, 1.54) is 30.3 Å². The smallest absolute Gasteiger partial charge is 0.326 e. The van der Waals surface area contributed by atoms with Crippen molar-refractivity contribution in [3.63, 3.8) is 0 Å². The number of benzene rings is 2. The van der Waals surface area contributed by atoms with E-state index >= 15 is 0 Å². The molecule has 2 aromatic carbocycles. The Morgan fingerprint density at radius 3 is 2.54 bits per heavy atom. The van der Waals surface area contributed by atoms with Crippen LogP contribution in [0.25, 0.3) is 0 Å². The van der Waals surface area contributed by atoms with Crippen molar-refractivity contribution in [3.05, 3.63) is 75.1 Å². The summed E-state index contributed by atoms with van der Waals surface area (Å²) in [6, 6.07) is 9.32. The molecule has 0 radical (unpaired) electrons. The summed E-state index contributed by atoms with van der Waals surface area (Å²) in [5.74, 6) is -3.27. The maximum absolute atomic E-state index is 13.5. The van der Waals surface area contributed by atoms with Crippen LogP contribution in [0.2, 0.25) is 0 Å². The number of nitro groups is 1. The second-order valence-corrected chi connectivity index (χ2v) is 5.41. The third kappa shape index (κ3) is 3.02. The highest BCUT2D eigenvalue weighted by Gasteiger charge is 2.41. The number of hydrogen-bond donors (Lipinski definition) is 0. The monoisotopic (exact) mass is 358 g/mol. The van der Waals surface area contributed by atoms with E-state index in [0.29, 0.717) is 4.90 Å². The predicted octanol–water partition coefficient (Wildman–Crippen LogP) is 2.07. The summed E-state index contributed by atoms with van der Waals surface area (Å²) < 4.78 is 18.4. The first kappa shape index (κ1) is 17.2. The standard InChI is InChI=1S/C17H11FN2O6/c18-12-6-2-1-4-10(12)9-26-14(21)8-19-16(22)11-5-3-7-13(20(24)25)15(11)17(19)23/h1-7H,8-9H2. The van der Waals surface area contributed by atoms with Gasteiger partial charge in [0.15, 0.2) is 0 Å². The lowest BCUT2D eigenvalue weighted by molar-refractivity contribution is -0.385. The van der Waals surface area contributed by atoms with Gasteiger partial charge in [0, 0.05) is 11.6 Å². The molecule has 0 N–H and O–H groups in total. The summed E-state index contributed by atoms with van der Waals surface area (Å²) in [5.41, 5.74) is -0.877. The molecule has 0 aromatic heterocycles. The van der Waals surface area contributed by atoms with Crippen molar-refractivity contribution in [2.24, 2.45) is 0 Å². The Labute approximate surface area is 145 Å². The van der Waals surface area contributed by atoms with Gasteiger partial charge in [-0.3, -0.25) is 29.4 Å². The molecule has 0 unspecified atom stereocenters. The average Bonchev–Trinajstić information content (AvgIpc) is 2.86. The topological polar surface area (TPSA) is 107 Å². The van der Waals surface area contributed by atoms with Crippen LogP contribution in [0.3, 0.4) is 0 Å². The van der Waals surface area contributed by atoms with Gasteiger partial charge in [-0.05, 0) is 12.1 Å². The van der Waals surface area contributed by atoms with Gasteiger partial charge >= 0.3 is 5.97 Å². The van der Waals surface area contributed by atoms with Gasteiger partial charge in [-0.25, -0.2) is 4.39 Å². The first-order valence-corrected chi connectivity index (χ1v) is 7.42. The highest BCUT2D eigenvalue weighted by Crippen LogP contribution is 2.30. The number of imide groups is 1. The summed E-state index contributed by atoms with van der Waals surface area (Å²) in [7, 11) is 0. The Balaban J connectivity index is 1.73. The number of amides is 2. The minimum atomic E-state index is -0.944. The first-order chi connectivity index (χ1) is 12.4. The van der Waals surface area contributed by atoms with Gasteiger partial charge in [-0.15, -0.1) is 0 Å². The maximum Gasteiger partial charge on any atom is 0.326 e. The number of carbonyl (C=O) groups excluding carboxylic acids is 3. The molecule has 0 saturated carbocycles. The molecular weight excluding hydrogens is 347 g/mol. The second kappa shape index (κ2) is 6.71. The number of esters is 1. The lowest BCUT2D eigenvalue weighted by Crippen LogP contribution is -2.35. The number of halogens is 1. The van der Waals surface area contributed by atoms with Gasteiger partial charge in [0.1, 0.15) is 24.5 Å². The maximum atomic E-state index is 13.5. The number of fused-ring (bicyclic) bond motifs is 1. The van der Waals surface area contributed by atoms with E-state index in [1.54, 1.807) is 6.07 Å². The van der Waals surface area contributed by atoms with E-state index in [-0.39, 0.29) is 23.3 Å². The molecule has 2 aromatic rings. The number of ether oxygens (including phenoxy) is 1. The minimum Gasteiger partial charge on any atom is -0.459 e. The summed E-state index contributed by atoms with van der Waals surface area (Å²) in [6.07, 6.45) is 0. The van der Waals surface area contributed by atoms with Crippen molar-refractivity contribution in [1.29, 1.82) is 0 Å². The van der Waals surface area contributed by atoms with Crippen LogP contribution in [0.4, 0.5) is 10.1 Å². The number of carbonyl (C=O) groups is 3. The van der Waals surface area contributed by atoms with Crippen LogP contribution in [0, 0.1) is 15.9 Å². The number of rotatable bonds is 5. The molecule has 8 nitrogen and oxygen atoms in total. The second-order valence-electron chi connectivity index (χ2n) is 5.41. The zero-order valence-electron chi connectivity index (χ0n) is 13.2. The molecule has 1 heterocycles. The molecule has 3 rings (SSSR count). The fourth-order valence-corrected chi connectivity index (χ4v) is 2.56. The van der Waals surface area contributed by atoms with E-state index in [9.17, 15) is 28.9 Å². The largest absolute Gasteiger partial charge is 0.459 e. The van der Waals surface area contributed by atoms with Gasteiger partial charge in [0.2, 0.25) is 0 Å². The molecule has 26 heavy (non-hydrogen) atoms. The third-order valence-corrected chi connectivity index (χ3v) is 3.81. The SMILES string of the molecule is O=C(CN1C(=O)c2cccc([N+](=O)[O-])c2C1=O)OCc1ccccc1F. The zero-order valence-corrected chi connectivity index (χ0v) is 13.2. The number of nitro benzene ring substituents is 1. The van der Waals surface area contributed by atoms with E-state index < -0.39 is 40.8 Å². The molecule has 1 aliphatic heterocycles. The molecule has 0 atom stereocenters. The van der Waals surface area contributed by atoms with Crippen molar-refractivity contribution in [2.45, 2.75) is 6.61 Å². The van der Waals surface area contributed by atoms with Crippen LogP contribution in [0.15, 0.2) is 42.5 Å². The van der Waals surface area contributed by atoms with Crippen molar-refractivity contribution in [2.75, 3.05) is 6.54 Å².